The van der Waals surface area contributed by atoms with Gasteiger partial charge in [-0.1, -0.05) is 48.0 Å². The zero-order chi connectivity index (χ0) is 13.8. The average molecular weight is 276 g/mol. The predicted molar refractivity (Wildman–Crippen MR) is 77.0 cm³/mol. The third-order valence-electron chi connectivity index (χ3n) is 2.88. The van der Waals surface area contributed by atoms with E-state index in [2.05, 4.69) is 0 Å². The normalized spacial score (nSPS) is 10.2. The molecule has 0 saturated heterocycles. The van der Waals surface area contributed by atoms with Crippen molar-refractivity contribution in [2.45, 2.75) is 6.54 Å². The summed E-state index contributed by atoms with van der Waals surface area (Å²) in [6.45, 7) is 0.626. The molecule has 19 heavy (non-hydrogen) atoms. The lowest BCUT2D eigenvalue weighted by Gasteiger charge is -2.21. The number of anilines is 1. The lowest BCUT2D eigenvalue weighted by molar-refractivity contribution is 0.0697. The topological polar surface area (TPSA) is 40.5 Å². The van der Waals surface area contributed by atoms with E-state index >= 15 is 0 Å². The minimum atomic E-state index is -1.01. The predicted octanol–water partition coefficient (Wildman–Crippen LogP) is 3.67. The summed E-state index contributed by atoms with van der Waals surface area (Å²) in [5.41, 5.74) is 1.87. The van der Waals surface area contributed by atoms with Crippen LogP contribution >= 0.6 is 11.6 Å². The highest BCUT2D eigenvalue weighted by Crippen LogP contribution is 2.27. The number of hydrogen-bond donors (Lipinski definition) is 1. The Kier molecular flexibility index (Phi) is 4.07. The van der Waals surface area contributed by atoms with E-state index in [0.717, 1.165) is 5.56 Å². The molecule has 2 aromatic rings. The quantitative estimate of drug-likeness (QED) is 0.925. The van der Waals surface area contributed by atoms with Crippen molar-refractivity contribution in [1.82, 2.24) is 0 Å². The Morgan fingerprint density at radius 1 is 1.16 bits per heavy atom. The minimum absolute atomic E-state index is 0.141. The molecule has 0 unspecified atom stereocenters. The van der Waals surface area contributed by atoms with E-state index in [1.54, 1.807) is 18.2 Å². The van der Waals surface area contributed by atoms with Crippen molar-refractivity contribution < 1.29 is 9.90 Å². The number of carbonyl (C=O) groups is 1. The number of benzene rings is 2. The number of carboxylic acids is 1. The second-order valence-corrected chi connectivity index (χ2v) is 4.69. The lowest BCUT2D eigenvalue weighted by atomic mass is 10.1. The van der Waals surface area contributed by atoms with Crippen LogP contribution in [0.4, 0.5) is 5.69 Å². The molecule has 0 spiro atoms. The van der Waals surface area contributed by atoms with Crippen LogP contribution in [-0.2, 0) is 6.54 Å². The van der Waals surface area contributed by atoms with Crippen molar-refractivity contribution in [3.05, 3.63) is 64.7 Å². The van der Waals surface area contributed by atoms with E-state index < -0.39 is 5.97 Å². The molecule has 2 rings (SSSR count). The minimum Gasteiger partial charge on any atom is -0.478 e. The maximum atomic E-state index is 11.3. The molecule has 0 saturated carbocycles. The van der Waals surface area contributed by atoms with Gasteiger partial charge in [-0.05, 0) is 17.7 Å². The first-order valence-corrected chi connectivity index (χ1v) is 6.24. The van der Waals surface area contributed by atoms with E-state index in [1.165, 1.54) is 0 Å². The molecule has 0 heterocycles. The smallest absolute Gasteiger partial charge is 0.339 e. The van der Waals surface area contributed by atoms with E-state index in [0.29, 0.717) is 12.2 Å². The highest BCUT2D eigenvalue weighted by atomic mass is 35.5. The summed E-state index contributed by atoms with van der Waals surface area (Å²) in [5.74, 6) is -1.01. The molecule has 1 N–H and O–H groups in total. The van der Waals surface area contributed by atoms with Crippen LogP contribution in [0.3, 0.4) is 0 Å². The summed E-state index contributed by atoms with van der Waals surface area (Å²) in [6.07, 6.45) is 0. The van der Waals surface area contributed by atoms with Gasteiger partial charge in [-0.2, -0.15) is 0 Å². The zero-order valence-electron chi connectivity index (χ0n) is 10.5. The van der Waals surface area contributed by atoms with Crippen molar-refractivity contribution in [2.75, 3.05) is 11.9 Å². The zero-order valence-corrected chi connectivity index (χ0v) is 11.3. The molecule has 4 heteroatoms. The standard InChI is InChI=1S/C15H14ClNO2/c1-17(10-11-6-3-2-4-7-11)13-9-5-8-12(16)14(13)15(18)19/h2-9H,10H2,1H3,(H,18,19). The summed E-state index contributed by atoms with van der Waals surface area (Å²) < 4.78 is 0. The molecule has 0 radical (unpaired) electrons. The van der Waals surface area contributed by atoms with Gasteiger partial charge in [0.15, 0.2) is 0 Å². The maximum absolute atomic E-state index is 11.3. The first-order chi connectivity index (χ1) is 9.09. The second-order valence-electron chi connectivity index (χ2n) is 4.28. The second kappa shape index (κ2) is 5.76. The van der Waals surface area contributed by atoms with Crippen molar-refractivity contribution in [2.24, 2.45) is 0 Å². The Morgan fingerprint density at radius 2 is 1.84 bits per heavy atom. The van der Waals surface area contributed by atoms with Crippen LogP contribution in [0.2, 0.25) is 5.02 Å². The highest BCUT2D eigenvalue weighted by molar-refractivity contribution is 6.34. The van der Waals surface area contributed by atoms with Gasteiger partial charge in [0.05, 0.1) is 10.7 Å². The number of halogens is 1. The number of hydrogen-bond acceptors (Lipinski definition) is 2. The van der Waals surface area contributed by atoms with E-state index in [1.807, 2.05) is 42.3 Å². The molecular formula is C15H14ClNO2. The molecule has 2 aromatic carbocycles. The van der Waals surface area contributed by atoms with Gasteiger partial charge in [-0.25, -0.2) is 4.79 Å². The van der Waals surface area contributed by atoms with Gasteiger partial charge < -0.3 is 10.0 Å². The molecular weight excluding hydrogens is 262 g/mol. The van der Waals surface area contributed by atoms with E-state index in [9.17, 15) is 9.90 Å². The molecule has 0 amide bonds. The molecule has 0 bridgehead atoms. The Hall–Kier alpha value is -2.00. The van der Waals surface area contributed by atoms with Crippen molar-refractivity contribution >= 4 is 23.3 Å². The largest absolute Gasteiger partial charge is 0.478 e. The number of nitrogens with zero attached hydrogens (tertiary/aromatic N) is 1. The van der Waals surface area contributed by atoms with Crippen LogP contribution in [0.5, 0.6) is 0 Å². The van der Waals surface area contributed by atoms with Crippen LogP contribution in [-0.4, -0.2) is 18.1 Å². The number of aromatic carboxylic acids is 1. The Morgan fingerprint density at radius 3 is 2.47 bits per heavy atom. The number of rotatable bonds is 4. The molecule has 3 nitrogen and oxygen atoms in total. The molecule has 0 aromatic heterocycles. The SMILES string of the molecule is CN(Cc1ccccc1)c1cccc(Cl)c1C(=O)O. The molecule has 0 aliphatic heterocycles. The summed E-state index contributed by atoms with van der Waals surface area (Å²) in [5, 5.41) is 9.50. The first-order valence-electron chi connectivity index (χ1n) is 5.86. The van der Waals surface area contributed by atoms with Crippen LogP contribution in [0, 0.1) is 0 Å². The Balaban J connectivity index is 2.31. The average Bonchev–Trinajstić information content (AvgIpc) is 2.39. The van der Waals surface area contributed by atoms with Crippen molar-refractivity contribution in [3.63, 3.8) is 0 Å². The van der Waals surface area contributed by atoms with Gasteiger partial charge in [0.2, 0.25) is 0 Å². The summed E-state index contributed by atoms with van der Waals surface area (Å²) in [4.78, 5) is 13.2. The maximum Gasteiger partial charge on any atom is 0.339 e. The Labute approximate surface area is 117 Å². The monoisotopic (exact) mass is 275 g/mol. The first kappa shape index (κ1) is 13.4. The van der Waals surface area contributed by atoms with E-state index in [-0.39, 0.29) is 10.6 Å². The third-order valence-corrected chi connectivity index (χ3v) is 3.19. The fraction of sp³-hybridized carbons (Fsp3) is 0.133. The molecule has 0 aliphatic rings. The van der Waals surface area contributed by atoms with Gasteiger partial charge >= 0.3 is 5.97 Å². The van der Waals surface area contributed by atoms with Crippen LogP contribution in [0.25, 0.3) is 0 Å². The fourth-order valence-electron chi connectivity index (χ4n) is 1.99. The van der Waals surface area contributed by atoms with Crippen LogP contribution < -0.4 is 4.90 Å². The van der Waals surface area contributed by atoms with Crippen LogP contribution in [0.1, 0.15) is 15.9 Å². The lowest BCUT2D eigenvalue weighted by Crippen LogP contribution is -2.19. The fourth-order valence-corrected chi connectivity index (χ4v) is 2.24. The third kappa shape index (κ3) is 3.06. The molecule has 98 valence electrons. The molecule has 0 fully saturated rings. The van der Waals surface area contributed by atoms with Gasteiger partial charge in [0, 0.05) is 13.6 Å². The summed E-state index contributed by atoms with van der Waals surface area (Å²) in [7, 11) is 1.85. The molecule has 0 atom stereocenters. The Bertz CT molecular complexity index is 584. The van der Waals surface area contributed by atoms with Crippen molar-refractivity contribution in [1.29, 1.82) is 0 Å². The van der Waals surface area contributed by atoms with Gasteiger partial charge in [0.25, 0.3) is 0 Å². The van der Waals surface area contributed by atoms with Crippen molar-refractivity contribution in [3.8, 4) is 0 Å². The highest BCUT2D eigenvalue weighted by Gasteiger charge is 2.17. The van der Waals surface area contributed by atoms with Gasteiger partial charge in [-0.3, -0.25) is 0 Å². The summed E-state index contributed by atoms with van der Waals surface area (Å²) in [6, 6.07) is 15.0. The molecule has 0 aliphatic carbocycles. The van der Waals surface area contributed by atoms with E-state index in [4.69, 9.17) is 11.6 Å². The van der Waals surface area contributed by atoms with Crippen LogP contribution in [0.15, 0.2) is 48.5 Å². The van der Waals surface area contributed by atoms with Gasteiger partial charge in [-0.15, -0.1) is 0 Å². The van der Waals surface area contributed by atoms with Gasteiger partial charge in [0.1, 0.15) is 5.56 Å². The number of carboxylic acid groups (broad SMARTS) is 1. The summed E-state index contributed by atoms with van der Waals surface area (Å²) >= 11 is 5.96.